The summed E-state index contributed by atoms with van der Waals surface area (Å²) in [6.07, 6.45) is 6.78. The molecule has 0 unspecified atom stereocenters. The minimum Gasteiger partial charge on any atom is -0.508 e. The maximum absolute atomic E-state index is 10.4. The highest BCUT2D eigenvalue weighted by Gasteiger charge is 2.54. The number of aryl methyl sites for hydroxylation is 1. The minimum absolute atomic E-state index is 0.0883. The topological polar surface area (TPSA) is 40.5 Å². The average Bonchev–Trinajstić information content (AvgIpc) is 2.90. The Hall–Kier alpha value is -0.440. The fourth-order valence-electron chi connectivity index (χ4n) is 5.54. The smallest absolute Gasteiger partial charge is 0.115 e. The molecule has 1 aromatic rings. The quantitative estimate of drug-likeness (QED) is 0.677. The van der Waals surface area contributed by atoms with Crippen LogP contribution < -0.4 is 0 Å². The van der Waals surface area contributed by atoms with Crippen LogP contribution >= 0.6 is 23.2 Å². The van der Waals surface area contributed by atoms with E-state index < -0.39 is 0 Å². The zero-order chi connectivity index (χ0) is 17.3. The molecule has 0 bridgehead atoms. The van der Waals surface area contributed by atoms with Crippen LogP contribution in [0.1, 0.15) is 56.1 Å². The van der Waals surface area contributed by atoms with E-state index in [0.717, 1.165) is 25.2 Å². The van der Waals surface area contributed by atoms with E-state index in [-0.39, 0.29) is 11.5 Å². The Balaban J connectivity index is 0.000000383. The molecule has 24 heavy (non-hydrogen) atoms. The molecule has 2 saturated carbocycles. The predicted octanol–water partition coefficient (Wildman–Crippen LogP) is 5.07. The third kappa shape index (κ3) is 3.18. The van der Waals surface area contributed by atoms with Crippen molar-refractivity contribution < 1.29 is 10.2 Å². The third-order valence-corrected chi connectivity index (χ3v) is 7.30. The molecule has 0 heterocycles. The van der Waals surface area contributed by atoms with Crippen molar-refractivity contribution in [3.8, 4) is 5.75 Å². The van der Waals surface area contributed by atoms with Gasteiger partial charge in [0.15, 0.2) is 0 Å². The maximum atomic E-state index is 10.4. The highest BCUT2D eigenvalue weighted by atomic mass is 35.5. The van der Waals surface area contributed by atoms with Crippen LogP contribution in [-0.2, 0) is 6.42 Å². The van der Waals surface area contributed by atoms with Gasteiger partial charge in [-0.15, -0.1) is 23.2 Å². The Morgan fingerprint density at radius 2 is 1.88 bits per heavy atom. The number of rotatable bonds is 1. The van der Waals surface area contributed by atoms with Crippen molar-refractivity contribution in [2.24, 2.45) is 17.3 Å². The summed E-state index contributed by atoms with van der Waals surface area (Å²) in [7, 11) is 0. The van der Waals surface area contributed by atoms with Crippen molar-refractivity contribution >= 4 is 23.2 Å². The van der Waals surface area contributed by atoms with Crippen LogP contribution in [0.2, 0.25) is 0 Å². The summed E-state index contributed by atoms with van der Waals surface area (Å²) in [6.45, 7) is 2.32. The molecule has 3 aliphatic carbocycles. The molecule has 1 aromatic carbocycles. The number of aliphatic hydroxyl groups excluding tert-OH is 1. The first-order chi connectivity index (χ1) is 11.5. The Morgan fingerprint density at radius 1 is 1.12 bits per heavy atom. The van der Waals surface area contributed by atoms with Crippen LogP contribution in [0.25, 0.3) is 0 Å². The molecule has 2 fully saturated rings. The maximum Gasteiger partial charge on any atom is 0.115 e. The van der Waals surface area contributed by atoms with Crippen molar-refractivity contribution in [1.82, 2.24) is 0 Å². The largest absolute Gasteiger partial charge is 0.508 e. The van der Waals surface area contributed by atoms with Gasteiger partial charge >= 0.3 is 0 Å². The standard InChI is InChI=1S/C18H24O2.C2H4Cl2/c1-18-9-8-14-13-5-3-12(19)10-11(13)2-4-15(14)16(18)6-7-17(18)20;3-1-2-4/h3,5,10,14-17,19-20H,2,4,6-9H2,1H3;1-2H2/t14-,15-,16+,17+,18+;/m1./s1. The van der Waals surface area contributed by atoms with Gasteiger partial charge in [-0.3, -0.25) is 0 Å². The molecule has 2 N–H and O–H groups in total. The van der Waals surface area contributed by atoms with Gasteiger partial charge in [0.25, 0.3) is 0 Å². The molecule has 5 atom stereocenters. The van der Waals surface area contributed by atoms with Gasteiger partial charge in [0.1, 0.15) is 5.75 Å². The second kappa shape index (κ2) is 7.43. The van der Waals surface area contributed by atoms with E-state index >= 15 is 0 Å². The molecule has 3 aliphatic rings. The summed E-state index contributed by atoms with van der Waals surface area (Å²) in [6, 6.07) is 5.96. The summed E-state index contributed by atoms with van der Waals surface area (Å²) in [5, 5.41) is 20.0. The number of hydrogen-bond acceptors (Lipinski definition) is 2. The van der Waals surface area contributed by atoms with E-state index in [0.29, 0.717) is 29.3 Å². The van der Waals surface area contributed by atoms with Crippen molar-refractivity contribution in [3.63, 3.8) is 0 Å². The lowest BCUT2D eigenvalue weighted by Gasteiger charge is -2.50. The van der Waals surface area contributed by atoms with Crippen molar-refractivity contribution in [3.05, 3.63) is 29.3 Å². The minimum atomic E-state index is -0.0883. The monoisotopic (exact) mass is 370 g/mol. The van der Waals surface area contributed by atoms with Crippen LogP contribution in [0, 0.1) is 17.3 Å². The number of halogens is 2. The molecule has 0 radical (unpaired) electrons. The van der Waals surface area contributed by atoms with E-state index in [1.807, 2.05) is 12.1 Å². The highest BCUT2D eigenvalue weighted by Crippen LogP contribution is 2.60. The molecule has 4 heteroatoms. The zero-order valence-electron chi connectivity index (χ0n) is 14.3. The van der Waals surface area contributed by atoms with E-state index in [9.17, 15) is 10.2 Å². The van der Waals surface area contributed by atoms with Gasteiger partial charge in [-0.1, -0.05) is 13.0 Å². The van der Waals surface area contributed by atoms with Gasteiger partial charge in [0.05, 0.1) is 6.10 Å². The number of phenols is 1. The molecule has 0 amide bonds. The van der Waals surface area contributed by atoms with Gasteiger partial charge in [0.2, 0.25) is 0 Å². The number of fused-ring (bicyclic) bond motifs is 5. The third-order valence-electron chi connectivity index (χ3n) is 6.73. The summed E-state index contributed by atoms with van der Waals surface area (Å²) in [5.74, 6) is 3.60. The van der Waals surface area contributed by atoms with E-state index in [1.165, 1.54) is 30.4 Å². The summed E-state index contributed by atoms with van der Waals surface area (Å²) in [5.41, 5.74) is 2.99. The second-order valence-electron chi connectivity index (χ2n) is 7.81. The highest BCUT2D eigenvalue weighted by molar-refractivity contribution is 6.25. The first-order valence-electron chi connectivity index (χ1n) is 9.13. The Labute approximate surface area is 155 Å². The number of alkyl halides is 2. The zero-order valence-corrected chi connectivity index (χ0v) is 15.9. The van der Waals surface area contributed by atoms with Crippen LogP contribution in [-0.4, -0.2) is 28.1 Å². The van der Waals surface area contributed by atoms with Gasteiger partial charge in [-0.25, -0.2) is 0 Å². The number of hydrogen-bond donors (Lipinski definition) is 2. The predicted molar refractivity (Wildman–Crippen MR) is 100 cm³/mol. The molecular weight excluding hydrogens is 343 g/mol. The fraction of sp³-hybridized carbons (Fsp3) is 0.700. The van der Waals surface area contributed by atoms with Crippen LogP contribution in [0.5, 0.6) is 5.75 Å². The average molecular weight is 371 g/mol. The molecule has 0 saturated heterocycles. The summed E-state index contributed by atoms with van der Waals surface area (Å²) in [4.78, 5) is 0. The first-order valence-corrected chi connectivity index (χ1v) is 10.2. The van der Waals surface area contributed by atoms with Gasteiger partial charge < -0.3 is 10.2 Å². The van der Waals surface area contributed by atoms with E-state index in [2.05, 4.69) is 13.0 Å². The molecule has 4 rings (SSSR count). The molecule has 2 nitrogen and oxygen atoms in total. The number of phenolic OH excluding ortho intramolecular Hbond substituents is 1. The molecule has 0 spiro atoms. The second-order valence-corrected chi connectivity index (χ2v) is 8.57. The number of aromatic hydroxyl groups is 1. The molecule has 0 aromatic heterocycles. The SMILES string of the molecule is C[C@]12CC[C@@H]3c4ccc(O)cc4CC[C@H]3[C@@H]1CC[C@@H]2O.ClCCCl. The molecular formula is C20H28Cl2O2. The molecule has 134 valence electrons. The van der Waals surface area contributed by atoms with Gasteiger partial charge in [-0.05, 0) is 85.0 Å². The first kappa shape index (κ1) is 18.4. The Morgan fingerprint density at radius 3 is 2.58 bits per heavy atom. The van der Waals surface area contributed by atoms with Crippen LogP contribution in [0.3, 0.4) is 0 Å². The lowest BCUT2D eigenvalue weighted by atomic mass is 9.55. The van der Waals surface area contributed by atoms with Gasteiger partial charge in [0, 0.05) is 11.8 Å². The number of benzene rings is 1. The van der Waals surface area contributed by atoms with Crippen molar-refractivity contribution in [2.75, 3.05) is 11.8 Å². The van der Waals surface area contributed by atoms with E-state index in [1.54, 1.807) is 0 Å². The lowest BCUT2D eigenvalue weighted by molar-refractivity contribution is -0.0226. The van der Waals surface area contributed by atoms with Gasteiger partial charge in [-0.2, -0.15) is 0 Å². The van der Waals surface area contributed by atoms with Crippen molar-refractivity contribution in [1.29, 1.82) is 0 Å². The van der Waals surface area contributed by atoms with Crippen molar-refractivity contribution in [2.45, 2.75) is 57.5 Å². The van der Waals surface area contributed by atoms with Crippen LogP contribution in [0.4, 0.5) is 0 Å². The Bertz CT molecular complexity index is 575. The van der Waals surface area contributed by atoms with Crippen LogP contribution in [0.15, 0.2) is 18.2 Å². The lowest BCUT2D eigenvalue weighted by Crippen LogP contribution is -2.43. The summed E-state index contributed by atoms with van der Waals surface area (Å²) < 4.78 is 0. The van der Waals surface area contributed by atoms with E-state index in [4.69, 9.17) is 23.2 Å². The normalized spacial score (nSPS) is 36.8. The fourth-order valence-corrected chi connectivity index (χ4v) is 5.54. The molecule has 0 aliphatic heterocycles. The Kier molecular flexibility index (Phi) is 5.68. The number of aliphatic hydroxyl groups is 1. The summed E-state index contributed by atoms with van der Waals surface area (Å²) >= 11 is 10.1.